The number of ether oxygens (including phenoxy) is 1. The zero-order valence-corrected chi connectivity index (χ0v) is 15.5. The summed E-state index contributed by atoms with van der Waals surface area (Å²) >= 11 is 6.44. The number of amides is 1. The Morgan fingerprint density at radius 3 is 2.74 bits per heavy atom. The van der Waals surface area contributed by atoms with E-state index in [4.69, 9.17) is 21.5 Å². The van der Waals surface area contributed by atoms with Crippen LogP contribution < -0.4 is 10.2 Å². The lowest BCUT2D eigenvalue weighted by atomic mass is 10.1. The molecule has 0 fully saturated rings. The first-order chi connectivity index (χ1) is 13.1. The topological polar surface area (TPSA) is 76.4 Å². The SMILES string of the molecule is COc1ccc2c3nc(Cl)c4ccccc4c3n(CCCC(=O)NO)c2c1. The molecular formula is C20H18ClN3O3. The molecule has 0 aliphatic carbocycles. The van der Waals surface area contributed by atoms with E-state index < -0.39 is 5.91 Å². The van der Waals surface area contributed by atoms with Crippen molar-refractivity contribution in [2.75, 3.05) is 7.11 Å². The van der Waals surface area contributed by atoms with E-state index in [9.17, 15) is 4.79 Å². The smallest absolute Gasteiger partial charge is 0.243 e. The van der Waals surface area contributed by atoms with Crippen LogP contribution in [0.4, 0.5) is 0 Å². The van der Waals surface area contributed by atoms with Gasteiger partial charge in [-0.1, -0.05) is 35.9 Å². The van der Waals surface area contributed by atoms with Crippen LogP contribution in [0.3, 0.4) is 0 Å². The minimum absolute atomic E-state index is 0.223. The summed E-state index contributed by atoms with van der Waals surface area (Å²) < 4.78 is 7.53. The van der Waals surface area contributed by atoms with Gasteiger partial charge in [0.1, 0.15) is 10.9 Å². The van der Waals surface area contributed by atoms with Crippen LogP contribution in [-0.4, -0.2) is 27.8 Å². The predicted molar refractivity (Wildman–Crippen MR) is 105 cm³/mol. The normalized spacial score (nSPS) is 11.4. The number of benzene rings is 2. The van der Waals surface area contributed by atoms with Crippen molar-refractivity contribution < 1.29 is 14.7 Å². The molecule has 0 saturated heterocycles. The maximum Gasteiger partial charge on any atom is 0.243 e. The molecule has 2 heterocycles. The van der Waals surface area contributed by atoms with Gasteiger partial charge in [0, 0.05) is 35.2 Å². The summed E-state index contributed by atoms with van der Waals surface area (Å²) in [6.45, 7) is 0.591. The van der Waals surface area contributed by atoms with Crippen molar-refractivity contribution in [3.8, 4) is 5.75 Å². The van der Waals surface area contributed by atoms with Gasteiger partial charge in [0.25, 0.3) is 0 Å². The van der Waals surface area contributed by atoms with Gasteiger partial charge in [-0.3, -0.25) is 10.0 Å². The number of halogens is 1. The summed E-state index contributed by atoms with van der Waals surface area (Å²) in [4.78, 5) is 16.1. The van der Waals surface area contributed by atoms with Crippen LogP contribution >= 0.6 is 11.6 Å². The minimum Gasteiger partial charge on any atom is -0.497 e. The van der Waals surface area contributed by atoms with Crippen LogP contribution in [0.25, 0.3) is 32.7 Å². The molecule has 0 spiro atoms. The van der Waals surface area contributed by atoms with E-state index in [0.29, 0.717) is 18.1 Å². The van der Waals surface area contributed by atoms with Gasteiger partial charge < -0.3 is 9.30 Å². The van der Waals surface area contributed by atoms with Crippen molar-refractivity contribution in [1.82, 2.24) is 15.0 Å². The van der Waals surface area contributed by atoms with Crippen molar-refractivity contribution in [3.63, 3.8) is 0 Å². The summed E-state index contributed by atoms with van der Waals surface area (Å²) in [6, 6.07) is 13.7. The number of nitrogens with zero attached hydrogens (tertiary/aromatic N) is 2. The van der Waals surface area contributed by atoms with Crippen LogP contribution in [-0.2, 0) is 11.3 Å². The van der Waals surface area contributed by atoms with Gasteiger partial charge in [-0.25, -0.2) is 10.5 Å². The highest BCUT2D eigenvalue weighted by atomic mass is 35.5. The molecule has 2 aromatic heterocycles. The largest absolute Gasteiger partial charge is 0.497 e. The molecule has 0 radical (unpaired) electrons. The highest BCUT2D eigenvalue weighted by Gasteiger charge is 2.17. The summed E-state index contributed by atoms with van der Waals surface area (Å²) in [5.41, 5.74) is 4.44. The first-order valence-electron chi connectivity index (χ1n) is 8.61. The van der Waals surface area contributed by atoms with Gasteiger partial charge in [-0.2, -0.15) is 0 Å². The van der Waals surface area contributed by atoms with Gasteiger partial charge >= 0.3 is 0 Å². The Morgan fingerprint density at radius 1 is 1.22 bits per heavy atom. The van der Waals surface area contributed by atoms with E-state index in [1.807, 2.05) is 42.5 Å². The molecule has 0 bridgehead atoms. The van der Waals surface area contributed by atoms with Gasteiger partial charge in [0.15, 0.2) is 0 Å². The number of pyridine rings is 1. The lowest BCUT2D eigenvalue weighted by molar-refractivity contribution is -0.129. The second-order valence-corrected chi connectivity index (χ2v) is 6.68. The number of nitrogens with one attached hydrogen (secondary N) is 1. The molecule has 0 aliphatic heterocycles. The molecule has 0 saturated carbocycles. The predicted octanol–water partition coefficient (Wildman–Crippen LogP) is 4.29. The molecule has 7 heteroatoms. The van der Waals surface area contributed by atoms with Crippen LogP contribution in [0.15, 0.2) is 42.5 Å². The maximum atomic E-state index is 11.4. The Hall–Kier alpha value is -2.83. The lowest BCUT2D eigenvalue weighted by Gasteiger charge is -2.10. The Balaban J connectivity index is 2.00. The average Bonchev–Trinajstić information content (AvgIpc) is 3.01. The first kappa shape index (κ1) is 17.6. The fraction of sp³-hybridized carbons (Fsp3) is 0.200. The highest BCUT2D eigenvalue weighted by molar-refractivity contribution is 6.36. The summed E-state index contributed by atoms with van der Waals surface area (Å²) in [5.74, 6) is 0.342. The third kappa shape index (κ3) is 2.97. The van der Waals surface area contributed by atoms with E-state index in [0.717, 1.165) is 38.5 Å². The van der Waals surface area contributed by atoms with E-state index in [1.165, 1.54) is 0 Å². The molecule has 0 aliphatic rings. The van der Waals surface area contributed by atoms with Gasteiger partial charge in [-0.05, 0) is 18.6 Å². The number of fused-ring (bicyclic) bond motifs is 5. The molecule has 27 heavy (non-hydrogen) atoms. The Bertz CT molecular complexity index is 1170. The third-order valence-electron chi connectivity index (χ3n) is 4.77. The Kier molecular flexibility index (Phi) is 4.59. The number of aryl methyl sites for hydroxylation is 1. The average molecular weight is 384 g/mol. The number of carbonyl (C=O) groups is 1. The van der Waals surface area contributed by atoms with Gasteiger partial charge in [0.05, 0.1) is 23.7 Å². The number of hydrogen-bond donors (Lipinski definition) is 2. The van der Waals surface area contributed by atoms with Crippen LogP contribution in [0.1, 0.15) is 12.8 Å². The second-order valence-electron chi connectivity index (χ2n) is 6.32. The Morgan fingerprint density at radius 2 is 2.00 bits per heavy atom. The quantitative estimate of drug-likeness (QED) is 0.306. The molecule has 0 unspecified atom stereocenters. The minimum atomic E-state index is -0.403. The van der Waals surface area contributed by atoms with Crippen LogP contribution in [0, 0.1) is 0 Å². The molecule has 2 N–H and O–H groups in total. The summed E-state index contributed by atoms with van der Waals surface area (Å²) in [6.07, 6.45) is 0.792. The number of carbonyl (C=O) groups excluding carboxylic acids is 1. The summed E-state index contributed by atoms with van der Waals surface area (Å²) in [5, 5.41) is 12.1. The van der Waals surface area contributed by atoms with Crippen molar-refractivity contribution in [2.24, 2.45) is 0 Å². The molecule has 6 nitrogen and oxygen atoms in total. The molecule has 4 rings (SSSR count). The zero-order chi connectivity index (χ0) is 19.0. The number of rotatable bonds is 5. The molecule has 138 valence electrons. The van der Waals surface area contributed by atoms with Crippen LogP contribution in [0.2, 0.25) is 5.15 Å². The zero-order valence-electron chi connectivity index (χ0n) is 14.7. The standard InChI is InChI=1S/C20H18ClN3O3/c1-27-12-8-9-15-16(11-12)24(10-4-7-17(25)23-26)19-13-5-2-3-6-14(13)20(21)22-18(15)19/h2-3,5-6,8-9,11,26H,4,7,10H2,1H3,(H,23,25). The molecule has 0 atom stereocenters. The number of hydrogen-bond acceptors (Lipinski definition) is 4. The first-order valence-corrected chi connectivity index (χ1v) is 8.99. The maximum absolute atomic E-state index is 11.4. The lowest BCUT2D eigenvalue weighted by Crippen LogP contribution is -2.18. The van der Waals surface area contributed by atoms with Crippen molar-refractivity contribution in [3.05, 3.63) is 47.6 Å². The molecule has 4 aromatic rings. The van der Waals surface area contributed by atoms with E-state index in [-0.39, 0.29) is 6.42 Å². The molecule has 2 aromatic carbocycles. The third-order valence-corrected chi connectivity index (χ3v) is 5.06. The van der Waals surface area contributed by atoms with E-state index in [2.05, 4.69) is 9.55 Å². The number of methoxy groups -OCH3 is 1. The van der Waals surface area contributed by atoms with Crippen molar-refractivity contribution in [1.29, 1.82) is 0 Å². The van der Waals surface area contributed by atoms with E-state index in [1.54, 1.807) is 12.6 Å². The number of hydroxylamine groups is 1. The molecular weight excluding hydrogens is 366 g/mol. The van der Waals surface area contributed by atoms with Crippen molar-refractivity contribution >= 4 is 50.2 Å². The van der Waals surface area contributed by atoms with E-state index >= 15 is 0 Å². The summed E-state index contributed by atoms with van der Waals surface area (Å²) in [7, 11) is 1.63. The van der Waals surface area contributed by atoms with Crippen molar-refractivity contribution in [2.45, 2.75) is 19.4 Å². The van der Waals surface area contributed by atoms with Gasteiger partial charge in [-0.15, -0.1) is 0 Å². The van der Waals surface area contributed by atoms with Crippen LogP contribution in [0.5, 0.6) is 5.75 Å². The monoisotopic (exact) mass is 383 g/mol. The fourth-order valence-electron chi connectivity index (χ4n) is 3.54. The highest BCUT2D eigenvalue weighted by Crippen LogP contribution is 2.37. The van der Waals surface area contributed by atoms with Gasteiger partial charge in [0.2, 0.25) is 5.91 Å². The molecule has 1 amide bonds. The fourth-order valence-corrected chi connectivity index (χ4v) is 3.79. The second kappa shape index (κ2) is 7.06. The number of aromatic nitrogens is 2. The Labute approximate surface area is 160 Å².